The van der Waals surface area contributed by atoms with E-state index in [1.165, 1.54) is 13.1 Å². The summed E-state index contributed by atoms with van der Waals surface area (Å²) in [6.45, 7) is 1.51. The lowest BCUT2D eigenvalue weighted by Gasteiger charge is -2.05. The van der Waals surface area contributed by atoms with Crippen molar-refractivity contribution in [2.45, 2.75) is 13.0 Å². The molecule has 0 N–H and O–H groups in total. The second kappa shape index (κ2) is 2.61. The first-order chi connectivity index (χ1) is 5.13. The van der Waals surface area contributed by atoms with Gasteiger partial charge in [-0.05, 0) is 6.92 Å². The maximum atomic E-state index is 11.0. The van der Waals surface area contributed by atoms with Crippen LogP contribution in [0.25, 0.3) is 0 Å². The van der Waals surface area contributed by atoms with E-state index >= 15 is 0 Å². The lowest BCUT2D eigenvalue weighted by molar-refractivity contribution is -0.487. The zero-order valence-corrected chi connectivity index (χ0v) is 5.85. The molecule has 5 nitrogen and oxygen atoms in total. The molecule has 1 aliphatic heterocycles. The molecule has 5 heteroatoms. The summed E-state index contributed by atoms with van der Waals surface area (Å²) in [6, 6.07) is -1.28. The molecule has 0 radical (unpaired) electrons. The molecule has 1 unspecified atom stereocenters. The van der Waals surface area contributed by atoms with Crippen LogP contribution in [0.3, 0.4) is 0 Å². The number of aliphatic imine (C=N–C) groups is 1. The van der Waals surface area contributed by atoms with Crippen LogP contribution in [-0.2, 0) is 4.79 Å². The van der Waals surface area contributed by atoms with Crippen molar-refractivity contribution in [3.8, 4) is 0 Å². The Labute approximate surface area is 62.6 Å². The molecule has 1 atom stereocenters. The lowest BCUT2D eigenvalue weighted by atomic mass is 10.1. The van der Waals surface area contributed by atoms with Gasteiger partial charge in [0, 0.05) is 16.7 Å². The summed E-state index contributed by atoms with van der Waals surface area (Å²) < 4.78 is 0. The van der Waals surface area contributed by atoms with E-state index in [1.807, 2.05) is 0 Å². The first kappa shape index (κ1) is 7.59. The van der Waals surface area contributed by atoms with Gasteiger partial charge in [-0.2, -0.15) is 0 Å². The molecule has 0 aromatic rings. The van der Waals surface area contributed by atoms with Crippen LogP contribution >= 0.6 is 0 Å². The van der Waals surface area contributed by atoms with Crippen molar-refractivity contribution in [2.24, 2.45) is 4.99 Å². The summed E-state index contributed by atoms with van der Waals surface area (Å²) in [5, 5.41) is 10.2. The van der Waals surface area contributed by atoms with Gasteiger partial charge in [-0.25, -0.2) is 0 Å². The molecule has 0 bridgehead atoms. The Hall–Kier alpha value is -1.52. The van der Waals surface area contributed by atoms with Crippen molar-refractivity contribution in [2.75, 3.05) is 0 Å². The minimum Gasteiger partial charge on any atom is -0.286 e. The van der Waals surface area contributed by atoms with Crippen LogP contribution in [0.2, 0.25) is 0 Å². The van der Waals surface area contributed by atoms with Crippen LogP contribution in [0.4, 0.5) is 0 Å². The van der Waals surface area contributed by atoms with Crippen molar-refractivity contribution < 1.29 is 9.72 Å². The average Bonchev–Trinajstić information content (AvgIpc) is 1.94. The normalized spacial score (nSPS) is 23.2. The number of rotatable bonds is 1. The van der Waals surface area contributed by atoms with Gasteiger partial charge in [0.15, 0.2) is 0 Å². The van der Waals surface area contributed by atoms with Crippen LogP contribution in [0.1, 0.15) is 6.92 Å². The van der Waals surface area contributed by atoms with E-state index in [-0.39, 0.29) is 0 Å². The summed E-state index contributed by atoms with van der Waals surface area (Å²) in [7, 11) is 0. The highest BCUT2D eigenvalue weighted by molar-refractivity contribution is 6.09. The van der Waals surface area contributed by atoms with Crippen LogP contribution in [0.5, 0.6) is 0 Å². The van der Waals surface area contributed by atoms with E-state index in [0.29, 0.717) is 5.57 Å². The van der Waals surface area contributed by atoms with Gasteiger partial charge < -0.3 is 0 Å². The summed E-state index contributed by atoms with van der Waals surface area (Å²) in [5.74, 6) is -0.481. The molecule has 0 aromatic carbocycles. The van der Waals surface area contributed by atoms with Gasteiger partial charge in [0.25, 0.3) is 0 Å². The molecule has 1 heterocycles. The van der Waals surface area contributed by atoms with E-state index in [9.17, 15) is 14.9 Å². The predicted octanol–water partition coefficient (Wildman–Crippen LogP) is 0.189. The van der Waals surface area contributed by atoms with Crippen LogP contribution < -0.4 is 0 Å². The van der Waals surface area contributed by atoms with Crippen LogP contribution in [-0.4, -0.2) is 23.0 Å². The molecule has 1 rings (SSSR count). The van der Waals surface area contributed by atoms with E-state index < -0.39 is 16.7 Å². The highest BCUT2D eigenvalue weighted by atomic mass is 16.6. The Bertz CT molecular complexity index is 267. The molecule has 0 saturated heterocycles. The molecule has 58 valence electrons. The number of nitro groups is 1. The van der Waals surface area contributed by atoms with Gasteiger partial charge >= 0.3 is 6.04 Å². The monoisotopic (exact) mass is 154 g/mol. The number of nitrogens with zero attached hydrogens (tertiary/aromatic N) is 2. The van der Waals surface area contributed by atoms with Crippen molar-refractivity contribution >= 4 is 12.0 Å². The quantitative estimate of drug-likeness (QED) is 0.399. The highest BCUT2D eigenvalue weighted by Gasteiger charge is 2.30. The SMILES string of the molecule is CC1=CN=CC([N+](=O)[O-])C1=O. The smallest absolute Gasteiger partial charge is 0.286 e. The number of ketones is 1. The molecule has 0 spiro atoms. The number of carbonyl (C=O) groups is 1. The van der Waals surface area contributed by atoms with Gasteiger partial charge in [0.2, 0.25) is 5.78 Å². The fourth-order valence-corrected chi connectivity index (χ4v) is 0.751. The van der Waals surface area contributed by atoms with Crippen molar-refractivity contribution in [3.63, 3.8) is 0 Å². The first-order valence-electron chi connectivity index (χ1n) is 3.00. The Morgan fingerprint density at radius 1 is 1.73 bits per heavy atom. The molecule has 11 heavy (non-hydrogen) atoms. The standard InChI is InChI=1S/C6H6N2O3/c1-4-2-7-3-5(6(4)9)8(10)11/h2-3,5H,1H3. The van der Waals surface area contributed by atoms with E-state index in [1.54, 1.807) is 0 Å². The van der Waals surface area contributed by atoms with Crippen molar-refractivity contribution in [3.05, 3.63) is 21.9 Å². The number of hydrogen-bond donors (Lipinski definition) is 0. The minimum absolute atomic E-state index is 0.328. The topological polar surface area (TPSA) is 72.6 Å². The molecule has 0 amide bonds. The third kappa shape index (κ3) is 1.31. The van der Waals surface area contributed by atoms with E-state index in [0.717, 1.165) is 6.21 Å². The number of Topliss-reactive ketones (excluding diaryl/α,β-unsaturated/α-hetero) is 1. The Morgan fingerprint density at radius 3 is 2.82 bits per heavy atom. The second-order valence-electron chi connectivity index (χ2n) is 2.20. The third-order valence-electron chi connectivity index (χ3n) is 1.38. The molecular weight excluding hydrogens is 148 g/mol. The fraction of sp³-hybridized carbons (Fsp3) is 0.333. The zero-order chi connectivity index (χ0) is 8.43. The van der Waals surface area contributed by atoms with Gasteiger partial charge in [0.1, 0.15) is 0 Å². The summed E-state index contributed by atoms with van der Waals surface area (Å²) in [5.41, 5.74) is 0.328. The molecular formula is C6H6N2O3. The summed E-state index contributed by atoms with van der Waals surface area (Å²) in [4.78, 5) is 24.1. The van der Waals surface area contributed by atoms with Gasteiger partial charge in [-0.1, -0.05) is 0 Å². The average molecular weight is 154 g/mol. The molecule has 0 aromatic heterocycles. The maximum absolute atomic E-state index is 11.0. The summed E-state index contributed by atoms with van der Waals surface area (Å²) >= 11 is 0. The predicted molar refractivity (Wildman–Crippen MR) is 38.0 cm³/mol. The van der Waals surface area contributed by atoms with Crippen molar-refractivity contribution in [1.82, 2.24) is 0 Å². The molecule has 0 fully saturated rings. The first-order valence-corrected chi connectivity index (χ1v) is 3.00. The van der Waals surface area contributed by atoms with Gasteiger partial charge in [0.05, 0.1) is 6.21 Å². The van der Waals surface area contributed by atoms with Crippen molar-refractivity contribution in [1.29, 1.82) is 0 Å². The zero-order valence-electron chi connectivity index (χ0n) is 5.85. The molecule has 0 aliphatic carbocycles. The third-order valence-corrected chi connectivity index (χ3v) is 1.38. The number of hydrogen-bond acceptors (Lipinski definition) is 4. The maximum Gasteiger partial charge on any atom is 0.309 e. The Kier molecular flexibility index (Phi) is 1.80. The highest BCUT2D eigenvalue weighted by Crippen LogP contribution is 2.06. The summed E-state index contributed by atoms with van der Waals surface area (Å²) in [6.07, 6.45) is 2.36. The molecule has 1 aliphatic rings. The minimum atomic E-state index is -1.28. The van der Waals surface area contributed by atoms with Crippen LogP contribution in [0, 0.1) is 10.1 Å². The molecule has 0 saturated carbocycles. The Morgan fingerprint density at radius 2 is 2.36 bits per heavy atom. The Balaban J connectivity index is 2.90. The fourth-order valence-electron chi connectivity index (χ4n) is 0.751. The van der Waals surface area contributed by atoms with Gasteiger partial charge in [-0.15, -0.1) is 0 Å². The second-order valence-corrected chi connectivity index (χ2v) is 2.20. The lowest BCUT2D eigenvalue weighted by Crippen LogP contribution is -2.33. The van der Waals surface area contributed by atoms with E-state index in [2.05, 4.69) is 4.99 Å². The largest absolute Gasteiger partial charge is 0.309 e. The number of carbonyl (C=O) groups excluding carboxylic acids is 1. The van der Waals surface area contributed by atoms with Crippen LogP contribution in [0.15, 0.2) is 16.8 Å². The van der Waals surface area contributed by atoms with E-state index in [4.69, 9.17) is 0 Å². The van der Waals surface area contributed by atoms with Gasteiger partial charge in [-0.3, -0.25) is 19.9 Å².